The Labute approximate surface area is 215 Å². The molecule has 1 nitrogen and oxygen atoms in total. The lowest BCUT2D eigenvalue weighted by Crippen LogP contribution is -1.98. The molecule has 37 heavy (non-hydrogen) atoms. The van der Waals surface area contributed by atoms with Crippen LogP contribution in [0, 0.1) is 0 Å². The van der Waals surface area contributed by atoms with Crippen molar-refractivity contribution in [2.75, 3.05) is 0 Å². The maximum atomic E-state index is 2.50. The summed E-state index contributed by atoms with van der Waals surface area (Å²) in [6.45, 7) is 0. The molecule has 0 amide bonds. The summed E-state index contributed by atoms with van der Waals surface area (Å²) in [5.41, 5.74) is 6.38. The number of aromatic nitrogens is 1. The van der Waals surface area contributed by atoms with E-state index in [2.05, 4.69) is 132 Å². The van der Waals surface area contributed by atoms with Crippen molar-refractivity contribution in [3.05, 3.63) is 127 Å². The van der Waals surface area contributed by atoms with Gasteiger partial charge in [0.15, 0.2) is 0 Å². The van der Waals surface area contributed by atoms with E-state index < -0.39 is 0 Å². The summed E-state index contributed by atoms with van der Waals surface area (Å²) in [4.78, 5) is 0. The molecule has 0 aliphatic heterocycles. The van der Waals surface area contributed by atoms with Gasteiger partial charge in [0.1, 0.15) is 0 Å². The molecular formula is C36H25N. The normalized spacial score (nSPS) is 13.8. The zero-order valence-corrected chi connectivity index (χ0v) is 20.5. The second-order valence-corrected chi connectivity index (χ2v) is 9.99. The third-order valence-electron chi connectivity index (χ3n) is 7.96. The Kier molecular flexibility index (Phi) is 4.41. The highest BCUT2D eigenvalue weighted by molar-refractivity contribution is 6.38. The molecule has 0 spiro atoms. The average molecular weight is 472 g/mol. The molecule has 1 aromatic heterocycles. The number of rotatable bonds is 2. The van der Waals surface area contributed by atoms with Gasteiger partial charge in [-0.25, -0.2) is 0 Å². The molecule has 0 radical (unpaired) electrons. The van der Waals surface area contributed by atoms with Crippen LogP contribution >= 0.6 is 0 Å². The lowest BCUT2D eigenvalue weighted by Gasteiger charge is -2.17. The van der Waals surface area contributed by atoms with Gasteiger partial charge in [-0.05, 0) is 63.7 Å². The van der Waals surface area contributed by atoms with Gasteiger partial charge in [0.05, 0.1) is 11.0 Å². The third-order valence-corrected chi connectivity index (χ3v) is 7.96. The summed E-state index contributed by atoms with van der Waals surface area (Å²) in [5.74, 6) is 0. The number of benzene rings is 6. The number of nitrogens with zero attached hydrogens (tertiary/aromatic N) is 1. The predicted octanol–water partition coefficient (Wildman–Crippen LogP) is 10.1. The van der Waals surface area contributed by atoms with E-state index in [1.54, 1.807) is 0 Å². The van der Waals surface area contributed by atoms with Crippen molar-refractivity contribution >= 4 is 59.8 Å². The van der Waals surface area contributed by atoms with Crippen molar-refractivity contribution < 1.29 is 0 Å². The van der Waals surface area contributed by atoms with E-state index in [0.717, 1.165) is 12.8 Å². The molecule has 0 atom stereocenters. The fourth-order valence-corrected chi connectivity index (χ4v) is 6.42. The van der Waals surface area contributed by atoms with Crippen LogP contribution in [0.5, 0.6) is 0 Å². The van der Waals surface area contributed by atoms with Gasteiger partial charge in [0.25, 0.3) is 0 Å². The van der Waals surface area contributed by atoms with Gasteiger partial charge < -0.3 is 4.57 Å². The van der Waals surface area contributed by atoms with E-state index in [4.69, 9.17) is 0 Å². The molecule has 0 N–H and O–H groups in total. The maximum absolute atomic E-state index is 2.50. The van der Waals surface area contributed by atoms with E-state index in [0.29, 0.717) is 0 Å². The first-order valence-corrected chi connectivity index (χ1v) is 13.1. The average Bonchev–Trinajstić information content (AvgIpc) is 3.33. The van der Waals surface area contributed by atoms with Crippen molar-refractivity contribution in [1.82, 2.24) is 4.57 Å². The Morgan fingerprint density at radius 3 is 1.97 bits per heavy atom. The van der Waals surface area contributed by atoms with E-state index in [1.807, 2.05) is 0 Å². The maximum Gasteiger partial charge on any atom is 0.0626 e. The minimum absolute atomic E-state index is 1.08. The minimum Gasteiger partial charge on any atom is -0.309 e. The monoisotopic (exact) mass is 471 g/mol. The zero-order valence-electron chi connectivity index (χ0n) is 20.5. The molecule has 0 bridgehead atoms. The van der Waals surface area contributed by atoms with Crippen molar-refractivity contribution in [1.29, 1.82) is 0 Å². The van der Waals surface area contributed by atoms with Gasteiger partial charge >= 0.3 is 0 Å². The van der Waals surface area contributed by atoms with Crippen molar-refractivity contribution in [2.45, 2.75) is 12.8 Å². The molecule has 8 rings (SSSR count). The largest absolute Gasteiger partial charge is 0.309 e. The third kappa shape index (κ3) is 2.92. The molecular weight excluding hydrogens is 446 g/mol. The topological polar surface area (TPSA) is 4.93 Å². The Morgan fingerprint density at radius 2 is 1.19 bits per heavy atom. The lowest BCUT2D eigenvalue weighted by atomic mass is 9.88. The van der Waals surface area contributed by atoms with E-state index in [1.165, 1.54) is 70.9 Å². The first-order chi connectivity index (χ1) is 18.4. The van der Waals surface area contributed by atoms with Crippen LogP contribution in [0.15, 0.2) is 127 Å². The Morgan fingerprint density at radius 1 is 0.514 bits per heavy atom. The first-order valence-electron chi connectivity index (χ1n) is 13.1. The Hall–Kier alpha value is -4.62. The molecule has 1 aliphatic carbocycles. The molecule has 174 valence electrons. The highest BCUT2D eigenvalue weighted by atomic mass is 15.0. The molecule has 1 heteroatoms. The fraction of sp³-hybridized carbons (Fsp3) is 0.0556. The number of para-hydroxylation sites is 1. The standard InChI is InChI=1S/C36H25N/c1-3-13-24(14-4-1)31-23-32-27-18-8-10-20-29(27)36-35(34(32)28-19-9-7-17-26(28)31)30-21-11-12-22-33(30)37(36)25-15-5-2-6-16-25/h1,3-5,7-23H,2,6H2. The second-order valence-electron chi connectivity index (χ2n) is 9.99. The van der Waals surface area contributed by atoms with Crippen LogP contribution in [0.2, 0.25) is 0 Å². The van der Waals surface area contributed by atoms with Crippen LogP contribution < -0.4 is 0 Å². The highest BCUT2D eigenvalue weighted by Crippen LogP contribution is 2.46. The minimum atomic E-state index is 1.08. The number of allylic oxidation sites excluding steroid dienone is 4. The summed E-state index contributed by atoms with van der Waals surface area (Å²) < 4.78 is 2.50. The van der Waals surface area contributed by atoms with Gasteiger partial charge in [0, 0.05) is 27.2 Å². The van der Waals surface area contributed by atoms with Crippen LogP contribution in [0.25, 0.3) is 70.9 Å². The molecule has 6 aromatic carbocycles. The van der Waals surface area contributed by atoms with Crippen LogP contribution in [-0.2, 0) is 0 Å². The molecule has 7 aromatic rings. The van der Waals surface area contributed by atoms with Crippen molar-refractivity contribution in [2.24, 2.45) is 0 Å². The van der Waals surface area contributed by atoms with E-state index >= 15 is 0 Å². The fourth-order valence-electron chi connectivity index (χ4n) is 6.42. The van der Waals surface area contributed by atoms with Crippen LogP contribution in [0.4, 0.5) is 0 Å². The Bertz CT molecular complexity index is 2070. The van der Waals surface area contributed by atoms with Gasteiger partial charge in [-0.2, -0.15) is 0 Å². The summed E-state index contributed by atoms with van der Waals surface area (Å²) in [5, 5.41) is 10.5. The quantitative estimate of drug-likeness (QED) is 0.221. The SMILES string of the molecule is C1=CC(n2c3ccccc3c3c4c5ccccc5c(-c5ccccc5)cc4c4ccccc4c32)=CCC1. The Balaban J connectivity index is 1.69. The highest BCUT2D eigenvalue weighted by Gasteiger charge is 2.21. The molecule has 1 aliphatic rings. The van der Waals surface area contributed by atoms with Gasteiger partial charge in [-0.15, -0.1) is 0 Å². The van der Waals surface area contributed by atoms with Crippen molar-refractivity contribution in [3.8, 4) is 11.1 Å². The van der Waals surface area contributed by atoms with Gasteiger partial charge in [-0.3, -0.25) is 0 Å². The summed E-state index contributed by atoms with van der Waals surface area (Å²) in [7, 11) is 0. The predicted molar refractivity (Wildman–Crippen MR) is 160 cm³/mol. The summed E-state index contributed by atoms with van der Waals surface area (Å²) in [6.07, 6.45) is 9.18. The van der Waals surface area contributed by atoms with Crippen molar-refractivity contribution in [3.63, 3.8) is 0 Å². The van der Waals surface area contributed by atoms with Crippen LogP contribution in [-0.4, -0.2) is 4.57 Å². The van der Waals surface area contributed by atoms with Crippen LogP contribution in [0.3, 0.4) is 0 Å². The summed E-state index contributed by atoms with van der Waals surface area (Å²) in [6, 6.07) is 40.1. The van der Waals surface area contributed by atoms with E-state index in [9.17, 15) is 0 Å². The molecule has 0 saturated heterocycles. The molecule has 1 heterocycles. The van der Waals surface area contributed by atoms with Crippen LogP contribution in [0.1, 0.15) is 12.8 Å². The van der Waals surface area contributed by atoms with Gasteiger partial charge in [-0.1, -0.05) is 109 Å². The lowest BCUT2D eigenvalue weighted by molar-refractivity contribution is 1.02. The summed E-state index contributed by atoms with van der Waals surface area (Å²) >= 11 is 0. The molecule has 0 fully saturated rings. The molecule has 0 unspecified atom stereocenters. The first kappa shape index (κ1) is 20.6. The van der Waals surface area contributed by atoms with E-state index in [-0.39, 0.29) is 0 Å². The number of fused-ring (bicyclic) bond motifs is 10. The van der Waals surface area contributed by atoms with Gasteiger partial charge in [0.2, 0.25) is 0 Å². The second kappa shape index (κ2) is 7.94. The smallest absolute Gasteiger partial charge is 0.0626 e. The number of hydrogen-bond donors (Lipinski definition) is 0. The molecule has 0 saturated carbocycles. The zero-order chi connectivity index (χ0) is 24.3. The number of hydrogen-bond acceptors (Lipinski definition) is 0.